The second kappa shape index (κ2) is 8.00. The molecule has 0 aromatic rings. The smallest absolute Gasteiger partial charge is 0.0841 e. The summed E-state index contributed by atoms with van der Waals surface area (Å²) < 4.78 is 5.28. The second-order valence-corrected chi connectivity index (χ2v) is 5.01. The molecule has 17 heavy (non-hydrogen) atoms. The van der Waals surface area contributed by atoms with Gasteiger partial charge in [0.05, 0.1) is 18.3 Å². The van der Waals surface area contributed by atoms with E-state index in [0.717, 1.165) is 19.3 Å². The van der Waals surface area contributed by atoms with Gasteiger partial charge in [0.2, 0.25) is 0 Å². The molecule has 0 aromatic heterocycles. The van der Waals surface area contributed by atoms with Gasteiger partial charge in [0.25, 0.3) is 0 Å². The van der Waals surface area contributed by atoms with Crippen LogP contribution in [-0.2, 0) is 4.74 Å². The number of nitrogens with two attached hydrogens (primary N) is 1. The third-order valence-electron chi connectivity index (χ3n) is 3.70. The first kappa shape index (κ1) is 16.8. The molecular weight excluding hydrogens is 220 g/mol. The molecule has 0 bridgehead atoms. The van der Waals surface area contributed by atoms with Crippen molar-refractivity contribution in [3.05, 3.63) is 0 Å². The van der Waals surface area contributed by atoms with Crippen molar-refractivity contribution >= 4 is 0 Å². The second-order valence-electron chi connectivity index (χ2n) is 5.01. The summed E-state index contributed by atoms with van der Waals surface area (Å²) in [6.07, 6.45) is 10.9. The van der Waals surface area contributed by atoms with Gasteiger partial charge in [-0.15, -0.1) is 0 Å². The highest BCUT2D eigenvalue weighted by Gasteiger charge is 2.39. The summed E-state index contributed by atoms with van der Waals surface area (Å²) >= 11 is 0. The lowest BCUT2D eigenvalue weighted by molar-refractivity contribution is 0.108. The topological polar surface area (TPSA) is 125 Å². The molecule has 2 saturated carbocycles. The van der Waals surface area contributed by atoms with Crippen LogP contribution in [0.25, 0.3) is 0 Å². The number of aliphatic hydroxyl groups excluding tert-OH is 1. The van der Waals surface area contributed by atoms with E-state index in [4.69, 9.17) is 15.6 Å². The normalized spacial score (nSPS) is 38.5. The highest BCUT2D eigenvalue weighted by molar-refractivity contribution is 4.87. The number of hydrogen-bond acceptors (Lipinski definition) is 4. The van der Waals surface area contributed by atoms with E-state index in [2.05, 4.69) is 0 Å². The van der Waals surface area contributed by atoms with Crippen LogP contribution in [-0.4, -0.2) is 34.9 Å². The number of rotatable bonds is 0. The largest absolute Gasteiger partial charge is 0.412 e. The van der Waals surface area contributed by atoms with Crippen LogP contribution in [0, 0.1) is 0 Å². The van der Waals surface area contributed by atoms with Gasteiger partial charge in [-0.3, -0.25) is 0 Å². The van der Waals surface area contributed by atoms with E-state index in [1.807, 2.05) is 0 Å². The summed E-state index contributed by atoms with van der Waals surface area (Å²) in [5.41, 5.74) is 5.53. The van der Waals surface area contributed by atoms with E-state index in [0.29, 0.717) is 12.2 Å². The lowest BCUT2D eigenvalue weighted by Crippen LogP contribution is -2.37. The predicted molar refractivity (Wildman–Crippen MR) is 68.2 cm³/mol. The van der Waals surface area contributed by atoms with Crippen LogP contribution in [0.2, 0.25) is 0 Å². The van der Waals surface area contributed by atoms with Gasteiger partial charge in [0, 0.05) is 6.04 Å². The van der Waals surface area contributed by atoms with Crippen molar-refractivity contribution in [3.8, 4) is 0 Å². The van der Waals surface area contributed by atoms with Crippen LogP contribution in [0.4, 0.5) is 0 Å². The molecule has 0 spiro atoms. The minimum Gasteiger partial charge on any atom is -0.412 e. The van der Waals surface area contributed by atoms with Gasteiger partial charge in [0.1, 0.15) is 0 Å². The first-order valence-electron chi connectivity index (χ1n) is 6.36. The number of hydrogen-bond donors (Lipinski definition) is 3. The Balaban J connectivity index is 0.000000270. The number of ether oxygens (including phenoxy) is 1. The fourth-order valence-electron chi connectivity index (χ4n) is 2.52. The fraction of sp³-hybridized carbons (Fsp3) is 1.00. The zero-order valence-electron chi connectivity index (χ0n) is 10.6. The van der Waals surface area contributed by atoms with E-state index < -0.39 is 0 Å². The Labute approximate surface area is 104 Å². The molecule has 2 aliphatic carbocycles. The molecule has 104 valence electrons. The minimum absolute atomic E-state index is 0. The average Bonchev–Trinajstić information content (AvgIpc) is 3.02. The van der Waals surface area contributed by atoms with Crippen LogP contribution >= 0.6 is 0 Å². The third kappa shape index (κ3) is 5.31. The Morgan fingerprint density at radius 3 is 1.71 bits per heavy atom. The van der Waals surface area contributed by atoms with Crippen molar-refractivity contribution in [1.29, 1.82) is 0 Å². The Morgan fingerprint density at radius 1 is 0.882 bits per heavy atom. The molecule has 1 heterocycles. The Bertz CT molecular complexity index is 184. The molecular formula is C12H28N2O3. The van der Waals surface area contributed by atoms with Crippen molar-refractivity contribution < 1.29 is 15.3 Å². The minimum atomic E-state index is -0.219. The van der Waals surface area contributed by atoms with Gasteiger partial charge < -0.3 is 27.2 Å². The molecule has 3 rings (SSSR count). The van der Waals surface area contributed by atoms with E-state index in [-0.39, 0.29) is 23.8 Å². The first-order valence-corrected chi connectivity index (χ1v) is 6.36. The Morgan fingerprint density at radius 2 is 1.35 bits per heavy atom. The molecule has 0 aromatic carbocycles. The fourth-order valence-corrected chi connectivity index (χ4v) is 2.52. The molecule has 3 fully saturated rings. The number of epoxide rings is 1. The molecule has 1 saturated heterocycles. The monoisotopic (exact) mass is 248 g/mol. The molecule has 4 unspecified atom stereocenters. The van der Waals surface area contributed by atoms with Gasteiger partial charge >= 0.3 is 0 Å². The lowest BCUT2D eigenvalue weighted by atomic mass is 9.94. The maximum absolute atomic E-state index is 9.05. The van der Waals surface area contributed by atoms with E-state index in [9.17, 15) is 0 Å². The van der Waals surface area contributed by atoms with Gasteiger partial charge in [-0.05, 0) is 25.7 Å². The summed E-state index contributed by atoms with van der Waals surface area (Å²) in [5.74, 6) is 0. The highest BCUT2D eigenvalue weighted by atomic mass is 16.6. The number of aliphatic hydroxyl groups is 1. The average molecular weight is 248 g/mol. The molecule has 5 nitrogen and oxygen atoms in total. The molecule has 8 N–H and O–H groups in total. The summed E-state index contributed by atoms with van der Waals surface area (Å²) in [6, 6.07) is 0.0590. The van der Waals surface area contributed by atoms with Crippen molar-refractivity contribution in [3.63, 3.8) is 0 Å². The van der Waals surface area contributed by atoms with Gasteiger partial charge in [-0.1, -0.05) is 25.7 Å². The maximum atomic E-state index is 9.05. The summed E-state index contributed by atoms with van der Waals surface area (Å²) in [5, 5.41) is 9.05. The van der Waals surface area contributed by atoms with Crippen LogP contribution in [0.15, 0.2) is 0 Å². The molecule has 0 radical (unpaired) electrons. The summed E-state index contributed by atoms with van der Waals surface area (Å²) in [6.45, 7) is 0. The maximum Gasteiger partial charge on any atom is 0.0841 e. The lowest BCUT2D eigenvalue weighted by Gasteiger charge is -2.23. The van der Waals surface area contributed by atoms with Crippen molar-refractivity contribution in [1.82, 2.24) is 6.15 Å². The standard InChI is InChI=1S/C6H13NO.C6H10O.H3N.H2O/c7-5-3-1-2-4-6(5)8;1-2-4-6-5(3-1)7-6;;/h5-6,8H,1-4,7H2;5-6H,1-4H2;1H3;1H2. The Kier molecular flexibility index (Phi) is 7.91. The van der Waals surface area contributed by atoms with Crippen LogP contribution in [0.5, 0.6) is 0 Å². The highest BCUT2D eigenvalue weighted by Crippen LogP contribution is 2.35. The third-order valence-corrected chi connectivity index (χ3v) is 3.70. The van der Waals surface area contributed by atoms with Gasteiger partial charge in [0.15, 0.2) is 0 Å². The van der Waals surface area contributed by atoms with E-state index in [1.54, 1.807) is 0 Å². The molecule has 5 heteroatoms. The first-order chi connectivity index (χ1) is 7.27. The number of fused-ring (bicyclic) bond motifs is 1. The summed E-state index contributed by atoms with van der Waals surface area (Å²) in [7, 11) is 0. The van der Waals surface area contributed by atoms with Crippen molar-refractivity contribution in [2.24, 2.45) is 5.73 Å². The molecule has 3 aliphatic rings. The van der Waals surface area contributed by atoms with Crippen LogP contribution < -0.4 is 11.9 Å². The summed E-state index contributed by atoms with van der Waals surface area (Å²) in [4.78, 5) is 0. The van der Waals surface area contributed by atoms with Gasteiger partial charge in [-0.2, -0.15) is 0 Å². The Hall–Kier alpha value is -0.200. The molecule has 4 atom stereocenters. The molecule has 1 aliphatic heterocycles. The quantitative estimate of drug-likeness (QED) is 0.551. The molecule has 0 amide bonds. The van der Waals surface area contributed by atoms with Crippen LogP contribution in [0.1, 0.15) is 51.4 Å². The van der Waals surface area contributed by atoms with E-state index in [1.165, 1.54) is 32.1 Å². The SMILES string of the molecule is C1CCC2OC2C1.N.NC1CCCCC1O.O. The van der Waals surface area contributed by atoms with Gasteiger partial charge in [-0.25, -0.2) is 0 Å². The predicted octanol–water partition coefficient (Wildman–Crippen LogP) is 0.914. The van der Waals surface area contributed by atoms with Crippen molar-refractivity contribution in [2.75, 3.05) is 0 Å². The van der Waals surface area contributed by atoms with E-state index >= 15 is 0 Å². The van der Waals surface area contributed by atoms with Crippen LogP contribution in [0.3, 0.4) is 0 Å². The van der Waals surface area contributed by atoms with Crippen molar-refractivity contribution in [2.45, 2.75) is 75.7 Å². The zero-order valence-corrected chi connectivity index (χ0v) is 10.6. The zero-order chi connectivity index (χ0) is 10.7.